The number of anilines is 2. The molecule has 4 rings (SSSR count). The minimum Gasteiger partial charge on any atom is -0.269 e. The van der Waals surface area contributed by atoms with E-state index in [0.29, 0.717) is 11.4 Å². The fourth-order valence-electron chi connectivity index (χ4n) is 2.77. The zero-order chi connectivity index (χ0) is 21.4. The third kappa shape index (κ3) is 3.91. The predicted molar refractivity (Wildman–Crippen MR) is 117 cm³/mol. The number of imide groups is 2. The number of hydrogen-bond donors (Lipinski definition) is 0. The summed E-state index contributed by atoms with van der Waals surface area (Å²) in [5.41, 5.74) is 0.894. The summed E-state index contributed by atoms with van der Waals surface area (Å²) < 4.78 is 0. The number of benzene rings is 2. The van der Waals surface area contributed by atoms with Crippen LogP contribution in [-0.2, 0) is 19.2 Å². The summed E-state index contributed by atoms with van der Waals surface area (Å²) >= 11 is 11.4. The zero-order valence-corrected chi connectivity index (χ0v) is 18.0. The number of hydrogen-bond acceptors (Lipinski definition) is 6. The minimum atomic E-state index is -0.539. The first-order valence-electron chi connectivity index (χ1n) is 8.41. The Hall–Kier alpha value is -2.52. The molecule has 0 bridgehead atoms. The molecule has 0 fully saturated rings. The molecule has 2 aliphatic heterocycles. The van der Waals surface area contributed by atoms with Gasteiger partial charge in [0.15, 0.2) is 0 Å². The fraction of sp³-hybridized carbons (Fsp3) is 0. The molecule has 0 aromatic heterocycles. The van der Waals surface area contributed by atoms with E-state index in [9.17, 15) is 19.2 Å². The van der Waals surface area contributed by atoms with Crippen molar-refractivity contribution < 1.29 is 19.2 Å². The lowest BCUT2D eigenvalue weighted by molar-refractivity contribution is -0.121. The van der Waals surface area contributed by atoms with Gasteiger partial charge in [-0.05, 0) is 48.5 Å². The third-order valence-corrected chi connectivity index (χ3v) is 7.14. The van der Waals surface area contributed by atoms with Gasteiger partial charge in [0.1, 0.15) is 10.1 Å². The summed E-state index contributed by atoms with van der Waals surface area (Å²) in [5, 5.41) is -0.208. The molecule has 2 aromatic carbocycles. The van der Waals surface area contributed by atoms with E-state index in [-0.39, 0.29) is 10.1 Å². The molecule has 30 heavy (non-hydrogen) atoms. The predicted octanol–water partition coefficient (Wildman–Crippen LogP) is 4.48. The van der Waals surface area contributed by atoms with Gasteiger partial charge in [-0.25, -0.2) is 9.80 Å². The molecule has 2 aromatic rings. The Morgan fingerprint density at radius 2 is 0.900 bits per heavy atom. The highest BCUT2D eigenvalue weighted by atomic mass is 35.5. The maximum absolute atomic E-state index is 11.9. The number of amides is 4. The Kier molecular flexibility index (Phi) is 5.75. The smallest absolute Gasteiger partial charge is 0.269 e. The van der Waals surface area contributed by atoms with Crippen molar-refractivity contribution >= 4 is 79.8 Å². The lowest BCUT2D eigenvalue weighted by Gasteiger charge is -2.15. The van der Waals surface area contributed by atoms with E-state index in [4.69, 9.17) is 23.2 Å². The van der Waals surface area contributed by atoms with Gasteiger partial charge in [-0.3, -0.25) is 19.2 Å². The highest BCUT2D eigenvalue weighted by molar-refractivity contribution is 8.76. The highest BCUT2D eigenvalue weighted by Crippen LogP contribution is 2.39. The molecule has 0 radical (unpaired) electrons. The molecule has 6 nitrogen and oxygen atoms in total. The Morgan fingerprint density at radius 1 is 0.567 bits per heavy atom. The van der Waals surface area contributed by atoms with Crippen molar-refractivity contribution in [2.75, 3.05) is 9.80 Å². The van der Waals surface area contributed by atoms with Crippen molar-refractivity contribution in [1.82, 2.24) is 0 Å². The third-order valence-electron chi connectivity index (χ3n) is 4.18. The molecule has 2 aliphatic rings. The van der Waals surface area contributed by atoms with Crippen molar-refractivity contribution in [2.24, 2.45) is 0 Å². The van der Waals surface area contributed by atoms with E-state index in [1.54, 1.807) is 48.5 Å². The van der Waals surface area contributed by atoms with Gasteiger partial charge >= 0.3 is 0 Å². The monoisotopic (exact) mass is 476 g/mol. The van der Waals surface area contributed by atoms with Crippen LogP contribution in [0.4, 0.5) is 11.4 Å². The largest absolute Gasteiger partial charge is 0.277 e. The lowest BCUT2D eigenvalue weighted by atomic mass is 10.3. The number of rotatable bonds is 5. The first-order valence-corrected chi connectivity index (χ1v) is 11.3. The van der Waals surface area contributed by atoms with Crippen LogP contribution in [0.3, 0.4) is 0 Å². The van der Waals surface area contributed by atoms with Crippen molar-refractivity contribution in [3.05, 3.63) is 70.7 Å². The average Bonchev–Trinajstić information content (AvgIpc) is 3.14. The van der Waals surface area contributed by atoms with Crippen LogP contribution in [-0.4, -0.2) is 23.6 Å². The van der Waals surface area contributed by atoms with Gasteiger partial charge in [-0.2, -0.15) is 0 Å². The molecule has 2 heterocycles. The van der Waals surface area contributed by atoms with Crippen molar-refractivity contribution in [2.45, 2.75) is 9.79 Å². The van der Waals surface area contributed by atoms with Gasteiger partial charge in [0, 0.05) is 21.9 Å². The summed E-state index contributed by atoms with van der Waals surface area (Å²) in [6, 6.07) is 13.9. The molecular weight excluding hydrogens is 467 g/mol. The van der Waals surface area contributed by atoms with E-state index < -0.39 is 23.6 Å². The molecule has 150 valence electrons. The second kappa shape index (κ2) is 8.31. The van der Waals surface area contributed by atoms with Crippen LogP contribution in [0.25, 0.3) is 0 Å². The standard InChI is InChI=1S/C20H10Cl2N2O4S2/c21-15-9-17(25)23(19(15)27)11-1-5-13(6-2-11)29-30-14-7-3-12(4-8-14)24-18(26)10-16(22)20(24)28/h1-10H. The molecule has 4 amide bonds. The zero-order valence-electron chi connectivity index (χ0n) is 14.9. The van der Waals surface area contributed by atoms with Gasteiger partial charge in [-0.15, -0.1) is 0 Å². The Bertz CT molecular complexity index is 1050. The van der Waals surface area contributed by atoms with Crippen molar-refractivity contribution in [3.8, 4) is 0 Å². The van der Waals surface area contributed by atoms with Gasteiger partial charge in [0.25, 0.3) is 23.6 Å². The van der Waals surface area contributed by atoms with Gasteiger partial charge in [-0.1, -0.05) is 44.8 Å². The summed E-state index contributed by atoms with van der Waals surface area (Å²) in [7, 11) is 2.95. The summed E-state index contributed by atoms with van der Waals surface area (Å²) in [6.07, 6.45) is 2.19. The number of carbonyl (C=O) groups excluding carboxylic acids is 4. The first kappa shape index (κ1) is 20.7. The minimum absolute atomic E-state index is 0.104. The second-order valence-electron chi connectivity index (χ2n) is 6.10. The van der Waals surface area contributed by atoms with Crippen LogP contribution in [0.2, 0.25) is 0 Å². The average molecular weight is 477 g/mol. The fourth-order valence-corrected chi connectivity index (χ4v) is 5.06. The maximum atomic E-state index is 11.9. The summed E-state index contributed by atoms with van der Waals surface area (Å²) in [5.74, 6) is -2.01. The van der Waals surface area contributed by atoms with Crippen LogP contribution in [0.15, 0.2) is 80.5 Å². The molecule has 0 saturated carbocycles. The van der Waals surface area contributed by atoms with Crippen molar-refractivity contribution in [3.63, 3.8) is 0 Å². The summed E-state index contributed by atoms with van der Waals surface area (Å²) in [4.78, 5) is 51.4. The second-order valence-corrected chi connectivity index (χ2v) is 9.19. The van der Waals surface area contributed by atoms with Crippen LogP contribution in [0.5, 0.6) is 0 Å². The lowest BCUT2D eigenvalue weighted by Crippen LogP contribution is -2.30. The normalized spacial score (nSPS) is 16.5. The number of carbonyl (C=O) groups is 4. The quantitative estimate of drug-likeness (QED) is 0.467. The van der Waals surface area contributed by atoms with E-state index >= 15 is 0 Å². The van der Waals surface area contributed by atoms with E-state index in [1.165, 1.54) is 21.6 Å². The Balaban J connectivity index is 1.38. The molecule has 0 unspecified atom stereocenters. The van der Waals surface area contributed by atoms with E-state index in [2.05, 4.69) is 0 Å². The van der Waals surface area contributed by atoms with E-state index in [0.717, 1.165) is 31.7 Å². The maximum Gasteiger partial charge on any atom is 0.277 e. The topological polar surface area (TPSA) is 74.8 Å². The molecule has 0 N–H and O–H groups in total. The molecule has 0 atom stereocenters. The SMILES string of the molecule is O=C1C=C(Cl)C(=O)N1c1ccc(SSc2ccc(N3C(=O)C=C(Cl)C3=O)cc2)cc1. The van der Waals surface area contributed by atoms with Crippen LogP contribution >= 0.6 is 44.8 Å². The van der Waals surface area contributed by atoms with Crippen LogP contribution in [0.1, 0.15) is 0 Å². The molecule has 0 aliphatic carbocycles. The van der Waals surface area contributed by atoms with Gasteiger partial charge in [0.05, 0.1) is 11.4 Å². The Labute approximate surface area is 188 Å². The van der Waals surface area contributed by atoms with Crippen LogP contribution < -0.4 is 9.80 Å². The Morgan fingerprint density at radius 3 is 1.17 bits per heavy atom. The van der Waals surface area contributed by atoms with E-state index in [1.807, 2.05) is 0 Å². The van der Waals surface area contributed by atoms with Gasteiger partial charge < -0.3 is 0 Å². The van der Waals surface area contributed by atoms with Gasteiger partial charge in [0.2, 0.25) is 0 Å². The van der Waals surface area contributed by atoms with Crippen molar-refractivity contribution in [1.29, 1.82) is 0 Å². The van der Waals surface area contributed by atoms with Crippen LogP contribution in [0, 0.1) is 0 Å². The first-order chi connectivity index (χ1) is 14.3. The molecule has 0 spiro atoms. The molecule has 0 saturated heterocycles. The number of nitrogens with zero attached hydrogens (tertiary/aromatic N) is 2. The number of halogens is 2. The molecule has 10 heteroatoms. The summed E-state index contributed by atoms with van der Waals surface area (Å²) in [6.45, 7) is 0. The highest BCUT2D eigenvalue weighted by Gasteiger charge is 2.32. The molecular formula is C20H10Cl2N2O4S2.